The molecule has 0 atom stereocenters. The number of anilines is 2. The minimum absolute atomic E-state index is 0.0211. The van der Waals surface area contributed by atoms with Gasteiger partial charge in [-0.25, -0.2) is 0 Å². The number of hydrogen-bond donors (Lipinski definition) is 1. The minimum Gasteiger partial charge on any atom is -0.368 e. The molecule has 0 aromatic heterocycles. The zero-order chi connectivity index (χ0) is 21.0. The molecule has 0 saturated carbocycles. The van der Waals surface area contributed by atoms with Crippen molar-refractivity contribution in [1.29, 1.82) is 0 Å². The molecule has 1 N–H and O–H groups in total. The summed E-state index contributed by atoms with van der Waals surface area (Å²) in [5.41, 5.74) is 1.60. The van der Waals surface area contributed by atoms with Crippen molar-refractivity contribution in [3.05, 3.63) is 63.2 Å². The third-order valence-corrected chi connectivity index (χ3v) is 5.15. The van der Waals surface area contributed by atoms with Crippen LogP contribution in [0.4, 0.5) is 17.1 Å². The Morgan fingerprint density at radius 2 is 1.76 bits per heavy atom. The van der Waals surface area contributed by atoms with Crippen molar-refractivity contribution >= 4 is 40.5 Å². The second-order valence-corrected chi connectivity index (χ2v) is 7.05. The van der Waals surface area contributed by atoms with Crippen molar-refractivity contribution in [2.75, 3.05) is 36.4 Å². The van der Waals surface area contributed by atoms with Gasteiger partial charge in [0.05, 0.1) is 15.5 Å². The fourth-order valence-electron chi connectivity index (χ4n) is 3.19. The summed E-state index contributed by atoms with van der Waals surface area (Å²) in [4.78, 5) is 38.5. The highest BCUT2D eigenvalue weighted by Gasteiger charge is 2.20. The van der Waals surface area contributed by atoms with E-state index in [0.717, 1.165) is 24.8 Å². The Balaban J connectivity index is 1.62. The molecule has 1 heterocycles. The van der Waals surface area contributed by atoms with Crippen LogP contribution in [0, 0.1) is 10.1 Å². The molecule has 0 bridgehead atoms. The molecule has 1 fully saturated rings. The molecule has 8 nitrogen and oxygen atoms in total. The van der Waals surface area contributed by atoms with Gasteiger partial charge in [0.1, 0.15) is 0 Å². The molecule has 0 unspecified atom stereocenters. The molecule has 1 saturated heterocycles. The quantitative estimate of drug-likeness (QED) is 0.593. The van der Waals surface area contributed by atoms with E-state index in [2.05, 4.69) is 10.2 Å². The molecule has 1 aliphatic rings. The van der Waals surface area contributed by atoms with Gasteiger partial charge < -0.3 is 15.1 Å². The van der Waals surface area contributed by atoms with Crippen LogP contribution in [-0.2, 0) is 4.79 Å². The van der Waals surface area contributed by atoms with Crippen LogP contribution in [0.1, 0.15) is 23.7 Å². The molecule has 9 heteroatoms. The van der Waals surface area contributed by atoms with Crippen molar-refractivity contribution in [1.82, 2.24) is 4.90 Å². The van der Waals surface area contributed by atoms with E-state index in [9.17, 15) is 19.7 Å². The Bertz CT molecular complexity index is 925. The maximum Gasteiger partial charge on any atom is 0.270 e. The monoisotopic (exact) mass is 416 g/mol. The van der Waals surface area contributed by atoms with Gasteiger partial charge in [0.2, 0.25) is 5.91 Å². The molecule has 1 aliphatic heterocycles. The number of amides is 2. The van der Waals surface area contributed by atoms with Crippen LogP contribution in [0.3, 0.4) is 0 Å². The average Bonchev–Trinajstić information content (AvgIpc) is 2.73. The number of nitro benzene ring substituents is 1. The first-order valence-electron chi connectivity index (χ1n) is 9.27. The third kappa shape index (κ3) is 4.83. The van der Waals surface area contributed by atoms with E-state index in [0.29, 0.717) is 25.2 Å². The molecule has 2 aromatic carbocycles. The summed E-state index contributed by atoms with van der Waals surface area (Å²) in [6.07, 6.45) is 0.521. The smallest absolute Gasteiger partial charge is 0.270 e. The minimum atomic E-state index is -0.565. The molecule has 2 amide bonds. The number of nitrogens with zero attached hydrogens (tertiary/aromatic N) is 3. The average molecular weight is 417 g/mol. The van der Waals surface area contributed by atoms with Crippen molar-refractivity contribution in [2.24, 2.45) is 0 Å². The van der Waals surface area contributed by atoms with E-state index >= 15 is 0 Å². The first-order chi connectivity index (χ1) is 13.9. The van der Waals surface area contributed by atoms with Crippen molar-refractivity contribution < 1.29 is 14.5 Å². The number of carbonyl (C=O) groups is 2. The fourth-order valence-corrected chi connectivity index (χ4v) is 3.45. The van der Waals surface area contributed by atoms with Crippen LogP contribution in [0.2, 0.25) is 5.02 Å². The van der Waals surface area contributed by atoms with E-state index in [1.165, 1.54) is 12.1 Å². The number of hydrogen-bond acceptors (Lipinski definition) is 5. The lowest BCUT2D eigenvalue weighted by atomic mass is 10.1. The maximum atomic E-state index is 12.4. The molecule has 29 heavy (non-hydrogen) atoms. The Morgan fingerprint density at radius 1 is 1.10 bits per heavy atom. The predicted octanol–water partition coefficient (Wildman–Crippen LogP) is 3.56. The van der Waals surface area contributed by atoms with Gasteiger partial charge in [0.25, 0.3) is 11.6 Å². The lowest BCUT2D eigenvalue weighted by Crippen LogP contribution is -2.48. The fraction of sp³-hybridized carbons (Fsp3) is 0.300. The van der Waals surface area contributed by atoms with E-state index in [1.807, 2.05) is 24.0 Å². The Morgan fingerprint density at radius 3 is 2.31 bits per heavy atom. The molecule has 0 aliphatic carbocycles. The summed E-state index contributed by atoms with van der Waals surface area (Å²) >= 11 is 6.01. The summed E-state index contributed by atoms with van der Waals surface area (Å²) in [7, 11) is 0. The van der Waals surface area contributed by atoms with Gasteiger partial charge >= 0.3 is 0 Å². The van der Waals surface area contributed by atoms with Crippen molar-refractivity contribution in [2.45, 2.75) is 13.3 Å². The lowest BCUT2D eigenvalue weighted by molar-refractivity contribution is -0.384. The number of rotatable bonds is 5. The van der Waals surface area contributed by atoms with Crippen LogP contribution in [0.15, 0.2) is 42.5 Å². The van der Waals surface area contributed by atoms with E-state index in [4.69, 9.17) is 11.6 Å². The Kier molecular flexibility index (Phi) is 6.33. The van der Waals surface area contributed by atoms with Gasteiger partial charge in [-0.05, 0) is 30.3 Å². The SMILES string of the molecule is CCC(=O)N1CCN(c2ccc(NC(=O)c3ccc([N+](=O)[O-])cc3Cl)cc2)CC1. The van der Waals surface area contributed by atoms with Crippen molar-refractivity contribution in [3.8, 4) is 0 Å². The van der Waals surface area contributed by atoms with Gasteiger partial charge in [-0.1, -0.05) is 18.5 Å². The van der Waals surface area contributed by atoms with Gasteiger partial charge in [0.15, 0.2) is 0 Å². The Hall–Kier alpha value is -3.13. The second-order valence-electron chi connectivity index (χ2n) is 6.64. The van der Waals surface area contributed by atoms with Crippen molar-refractivity contribution in [3.63, 3.8) is 0 Å². The van der Waals surface area contributed by atoms with E-state index < -0.39 is 10.8 Å². The van der Waals surface area contributed by atoms with Crippen LogP contribution in [0.5, 0.6) is 0 Å². The molecule has 2 aromatic rings. The number of halogens is 1. The first-order valence-corrected chi connectivity index (χ1v) is 9.65. The number of nitrogens with one attached hydrogen (secondary N) is 1. The zero-order valence-corrected chi connectivity index (χ0v) is 16.7. The normalized spacial score (nSPS) is 13.9. The van der Waals surface area contributed by atoms with Gasteiger partial charge in [-0.2, -0.15) is 0 Å². The van der Waals surface area contributed by atoms with Gasteiger partial charge in [0, 0.05) is 56.1 Å². The van der Waals surface area contributed by atoms with Gasteiger partial charge in [-0.3, -0.25) is 19.7 Å². The summed E-state index contributed by atoms with van der Waals surface area (Å²) in [5, 5.41) is 13.5. The lowest BCUT2D eigenvalue weighted by Gasteiger charge is -2.36. The largest absolute Gasteiger partial charge is 0.368 e. The number of piperazine rings is 1. The summed E-state index contributed by atoms with van der Waals surface area (Å²) in [6.45, 7) is 4.78. The molecule has 152 valence electrons. The third-order valence-electron chi connectivity index (χ3n) is 4.83. The summed E-state index contributed by atoms with van der Waals surface area (Å²) in [6, 6.07) is 11.1. The summed E-state index contributed by atoms with van der Waals surface area (Å²) < 4.78 is 0. The van der Waals surface area contributed by atoms with Crippen LogP contribution in [-0.4, -0.2) is 47.8 Å². The maximum absolute atomic E-state index is 12.4. The first kappa shape index (κ1) is 20.6. The standard InChI is InChI=1S/C20H21ClN4O4/c1-2-19(26)24-11-9-23(10-12-24)15-5-3-14(4-6-15)22-20(27)17-8-7-16(25(28)29)13-18(17)21/h3-8,13H,2,9-12H2,1H3,(H,22,27). The molecule has 3 rings (SSSR count). The van der Waals surface area contributed by atoms with Crippen LogP contribution < -0.4 is 10.2 Å². The van der Waals surface area contributed by atoms with E-state index in [1.54, 1.807) is 12.1 Å². The second kappa shape index (κ2) is 8.91. The van der Waals surface area contributed by atoms with Gasteiger partial charge in [-0.15, -0.1) is 0 Å². The highest BCUT2D eigenvalue weighted by Crippen LogP contribution is 2.24. The number of carbonyl (C=O) groups excluding carboxylic acids is 2. The van der Waals surface area contributed by atoms with E-state index in [-0.39, 0.29) is 22.2 Å². The number of benzene rings is 2. The van der Waals surface area contributed by atoms with Crippen LogP contribution >= 0.6 is 11.6 Å². The molecule has 0 spiro atoms. The number of nitro groups is 1. The highest BCUT2D eigenvalue weighted by molar-refractivity contribution is 6.34. The van der Waals surface area contributed by atoms with Crippen LogP contribution in [0.25, 0.3) is 0 Å². The highest BCUT2D eigenvalue weighted by atomic mass is 35.5. The Labute approximate surface area is 173 Å². The topological polar surface area (TPSA) is 95.8 Å². The molecular weight excluding hydrogens is 396 g/mol. The predicted molar refractivity (Wildman–Crippen MR) is 112 cm³/mol. The summed E-state index contributed by atoms with van der Waals surface area (Å²) in [5.74, 6) is -0.267. The zero-order valence-electron chi connectivity index (χ0n) is 15.9. The molecular formula is C20H21ClN4O4. The number of non-ortho nitro benzene ring substituents is 1. The molecule has 0 radical (unpaired) electrons.